The van der Waals surface area contributed by atoms with E-state index in [2.05, 4.69) is 28.5 Å². The number of piperazine rings is 1. The van der Waals surface area contributed by atoms with E-state index in [0.717, 1.165) is 43.3 Å². The Kier molecular flexibility index (Phi) is 8.97. The number of aromatic amines is 1. The third-order valence-electron chi connectivity index (χ3n) is 3.61. The summed E-state index contributed by atoms with van der Waals surface area (Å²) >= 11 is 5.92. The molecule has 1 amide bonds. The van der Waals surface area contributed by atoms with E-state index in [1.165, 1.54) is 0 Å². The van der Waals surface area contributed by atoms with Gasteiger partial charge < -0.3 is 25.0 Å². The van der Waals surface area contributed by atoms with E-state index in [-0.39, 0.29) is 12.4 Å². The molecule has 1 aromatic heterocycles. The SMILES string of the molecule is C=CC(=O)O.CN1CCN(C(=O)c2nc3ccc(Cl)cc3[nH]2)CC1.O=CO. The number of carboxylic acid groups (broad SMARTS) is 2. The van der Waals surface area contributed by atoms with Crippen LogP contribution in [0.25, 0.3) is 11.0 Å². The van der Waals surface area contributed by atoms with Crippen LogP contribution in [-0.2, 0) is 9.59 Å². The standard InChI is InChI=1S/C13H15ClN4O.C3H4O2.CH2O2/c1-17-4-6-18(7-5-17)13(19)12-15-10-3-2-9(14)8-11(10)16-12;1-2-3(4)5;2-1-3/h2-3,8H,4-7H2,1H3,(H,15,16);2H,1H2,(H,4,5);1H,(H,2,3). The Labute approximate surface area is 160 Å². The Morgan fingerprint density at radius 2 is 1.85 bits per heavy atom. The molecular weight excluding hydrogens is 376 g/mol. The van der Waals surface area contributed by atoms with Crippen LogP contribution in [0.4, 0.5) is 0 Å². The van der Waals surface area contributed by atoms with Crippen LogP contribution in [0.5, 0.6) is 0 Å². The summed E-state index contributed by atoms with van der Waals surface area (Å²) in [6.07, 6.45) is 0.833. The van der Waals surface area contributed by atoms with Crippen LogP contribution in [0.15, 0.2) is 30.9 Å². The number of hydrogen-bond donors (Lipinski definition) is 3. The minimum absolute atomic E-state index is 0.0413. The second-order valence-electron chi connectivity index (χ2n) is 5.49. The van der Waals surface area contributed by atoms with Crippen LogP contribution in [0.3, 0.4) is 0 Å². The van der Waals surface area contributed by atoms with Crippen LogP contribution in [0.1, 0.15) is 10.6 Å². The largest absolute Gasteiger partial charge is 0.483 e. The molecule has 146 valence electrons. The maximum Gasteiger partial charge on any atom is 0.327 e. The van der Waals surface area contributed by atoms with E-state index >= 15 is 0 Å². The summed E-state index contributed by atoms with van der Waals surface area (Å²) in [7, 11) is 2.06. The summed E-state index contributed by atoms with van der Waals surface area (Å²) in [5.41, 5.74) is 1.56. The molecule has 1 fully saturated rings. The average molecular weight is 397 g/mol. The number of rotatable bonds is 2. The second-order valence-corrected chi connectivity index (χ2v) is 5.93. The average Bonchev–Trinajstić information content (AvgIpc) is 3.06. The molecule has 0 bridgehead atoms. The van der Waals surface area contributed by atoms with Gasteiger partial charge in [0, 0.05) is 37.3 Å². The van der Waals surface area contributed by atoms with Gasteiger partial charge in [-0.3, -0.25) is 9.59 Å². The topological polar surface area (TPSA) is 127 Å². The van der Waals surface area contributed by atoms with Crippen LogP contribution >= 0.6 is 11.6 Å². The van der Waals surface area contributed by atoms with E-state index in [1.807, 2.05) is 11.0 Å². The number of aromatic nitrogens is 2. The van der Waals surface area contributed by atoms with Crippen molar-refractivity contribution in [2.75, 3.05) is 33.2 Å². The van der Waals surface area contributed by atoms with Gasteiger partial charge in [0.1, 0.15) is 0 Å². The number of H-pyrrole nitrogens is 1. The molecule has 1 saturated heterocycles. The summed E-state index contributed by atoms with van der Waals surface area (Å²) < 4.78 is 0. The predicted octanol–water partition coefficient (Wildman–Crippen LogP) is 1.56. The fourth-order valence-electron chi connectivity index (χ4n) is 2.24. The molecule has 0 radical (unpaired) electrons. The lowest BCUT2D eigenvalue weighted by atomic mass is 10.3. The van der Waals surface area contributed by atoms with E-state index in [9.17, 15) is 9.59 Å². The summed E-state index contributed by atoms with van der Waals surface area (Å²) in [6, 6.07) is 5.37. The number of carbonyl (C=O) groups excluding carboxylic acids is 1. The van der Waals surface area contributed by atoms with E-state index in [1.54, 1.807) is 12.1 Å². The summed E-state index contributed by atoms with van der Waals surface area (Å²) in [6.45, 7) is 6.00. The minimum Gasteiger partial charge on any atom is -0.483 e. The molecule has 0 saturated carbocycles. The van der Waals surface area contributed by atoms with E-state index in [4.69, 9.17) is 26.6 Å². The van der Waals surface area contributed by atoms with Gasteiger partial charge in [0.05, 0.1) is 11.0 Å². The molecule has 10 heteroatoms. The number of hydrogen-bond acceptors (Lipinski definition) is 5. The molecule has 1 aliphatic heterocycles. The number of halogens is 1. The number of likely N-dealkylation sites (N-methyl/N-ethyl adjacent to an activating group) is 1. The van der Waals surface area contributed by atoms with Gasteiger partial charge in [-0.25, -0.2) is 9.78 Å². The third kappa shape index (κ3) is 7.08. The zero-order valence-corrected chi connectivity index (χ0v) is 15.5. The number of carboxylic acids is 1. The van der Waals surface area contributed by atoms with Crippen molar-refractivity contribution >= 4 is 41.0 Å². The Morgan fingerprint density at radius 1 is 1.30 bits per heavy atom. The van der Waals surface area contributed by atoms with Gasteiger partial charge >= 0.3 is 5.97 Å². The zero-order valence-electron chi connectivity index (χ0n) is 14.8. The summed E-state index contributed by atoms with van der Waals surface area (Å²) in [5.74, 6) is -0.632. The number of imidazole rings is 1. The van der Waals surface area contributed by atoms with E-state index in [0.29, 0.717) is 10.8 Å². The van der Waals surface area contributed by atoms with Crippen molar-refractivity contribution in [3.8, 4) is 0 Å². The van der Waals surface area contributed by atoms with Gasteiger partial charge in [-0.05, 0) is 25.2 Å². The lowest BCUT2D eigenvalue weighted by Gasteiger charge is -2.31. The molecule has 0 spiro atoms. The summed E-state index contributed by atoms with van der Waals surface area (Å²) in [4.78, 5) is 41.4. The normalized spacial score (nSPS) is 13.6. The number of nitrogens with zero attached hydrogens (tertiary/aromatic N) is 3. The molecule has 0 atom stereocenters. The van der Waals surface area contributed by atoms with E-state index < -0.39 is 5.97 Å². The Bertz CT molecular complexity index is 800. The number of amides is 1. The Morgan fingerprint density at radius 3 is 2.37 bits per heavy atom. The molecule has 3 N–H and O–H groups in total. The fraction of sp³-hybridized carbons (Fsp3) is 0.294. The van der Waals surface area contributed by atoms with Crippen molar-refractivity contribution in [2.24, 2.45) is 0 Å². The molecule has 0 aliphatic carbocycles. The van der Waals surface area contributed by atoms with Gasteiger partial charge in [0.25, 0.3) is 12.4 Å². The first-order valence-corrected chi connectivity index (χ1v) is 8.26. The monoisotopic (exact) mass is 396 g/mol. The number of carbonyl (C=O) groups is 3. The highest BCUT2D eigenvalue weighted by Crippen LogP contribution is 2.18. The Hall–Kier alpha value is -2.91. The van der Waals surface area contributed by atoms with Gasteiger partial charge in [0.15, 0.2) is 5.82 Å². The third-order valence-corrected chi connectivity index (χ3v) is 3.85. The quantitative estimate of drug-likeness (QED) is 0.519. The van der Waals surface area contributed by atoms with Crippen molar-refractivity contribution < 1.29 is 24.6 Å². The highest BCUT2D eigenvalue weighted by Gasteiger charge is 2.22. The molecular formula is C17H21ClN4O5. The fourth-order valence-corrected chi connectivity index (χ4v) is 2.41. The zero-order chi connectivity index (χ0) is 20.4. The molecule has 2 heterocycles. The van der Waals surface area contributed by atoms with Gasteiger partial charge in [-0.1, -0.05) is 18.2 Å². The van der Waals surface area contributed by atoms with Crippen molar-refractivity contribution in [1.29, 1.82) is 0 Å². The van der Waals surface area contributed by atoms with Gasteiger partial charge in [0.2, 0.25) is 0 Å². The lowest BCUT2D eigenvalue weighted by Crippen LogP contribution is -2.47. The maximum atomic E-state index is 12.3. The van der Waals surface area contributed by atoms with Crippen molar-refractivity contribution in [3.63, 3.8) is 0 Å². The molecule has 0 unspecified atom stereocenters. The van der Waals surface area contributed by atoms with Crippen molar-refractivity contribution in [3.05, 3.63) is 41.7 Å². The van der Waals surface area contributed by atoms with Crippen LogP contribution < -0.4 is 0 Å². The summed E-state index contributed by atoms with van der Waals surface area (Å²) in [5, 5.41) is 15.1. The molecule has 3 rings (SSSR count). The van der Waals surface area contributed by atoms with Gasteiger partial charge in [-0.15, -0.1) is 0 Å². The number of fused-ring (bicyclic) bond motifs is 1. The lowest BCUT2D eigenvalue weighted by molar-refractivity contribution is -0.131. The maximum absolute atomic E-state index is 12.3. The first-order chi connectivity index (χ1) is 12.8. The van der Waals surface area contributed by atoms with Gasteiger partial charge in [-0.2, -0.15) is 0 Å². The first-order valence-electron chi connectivity index (χ1n) is 7.88. The van der Waals surface area contributed by atoms with Crippen molar-refractivity contribution in [1.82, 2.24) is 19.8 Å². The van der Waals surface area contributed by atoms with Crippen LogP contribution in [-0.4, -0.2) is 81.6 Å². The van der Waals surface area contributed by atoms with Crippen LogP contribution in [0.2, 0.25) is 5.02 Å². The van der Waals surface area contributed by atoms with Crippen LogP contribution in [0, 0.1) is 0 Å². The Balaban J connectivity index is 0.000000390. The first kappa shape index (κ1) is 22.1. The number of nitrogens with one attached hydrogen (secondary N) is 1. The van der Waals surface area contributed by atoms with Crippen molar-refractivity contribution in [2.45, 2.75) is 0 Å². The number of aliphatic carboxylic acids is 1. The second kappa shape index (κ2) is 10.9. The molecule has 1 aliphatic rings. The predicted molar refractivity (Wildman–Crippen MR) is 101 cm³/mol. The molecule has 27 heavy (non-hydrogen) atoms. The highest BCUT2D eigenvalue weighted by atomic mass is 35.5. The smallest absolute Gasteiger partial charge is 0.327 e. The number of benzene rings is 1. The molecule has 9 nitrogen and oxygen atoms in total. The minimum atomic E-state index is -0.981. The highest BCUT2D eigenvalue weighted by molar-refractivity contribution is 6.31. The molecule has 2 aromatic rings. The molecule has 1 aromatic carbocycles.